The fourth-order valence-corrected chi connectivity index (χ4v) is 3.38. The molecule has 4 nitrogen and oxygen atoms in total. The van der Waals surface area contributed by atoms with Gasteiger partial charge in [0.15, 0.2) is 0 Å². The molecular weight excluding hydrogens is 314 g/mol. The zero-order valence-electron chi connectivity index (χ0n) is 13.9. The standard InChI is InChI=1S/C18H22F2N2O2/c1-11-9-14(12(2)13-3-8-21-15(11)13)16(23)22-10-17(24)4-6-18(19,20)7-5-17/h3,8-9,21,24H,4-7,10H2,1-2H3,(H,22,23). The molecule has 0 saturated heterocycles. The summed E-state index contributed by atoms with van der Waals surface area (Å²) in [7, 11) is 0. The van der Waals surface area contributed by atoms with E-state index in [1.165, 1.54) is 0 Å². The SMILES string of the molecule is Cc1c(C(=O)NCC2(O)CCC(F)(F)CC2)cc(C)c2[nH]ccc12. The van der Waals surface area contributed by atoms with E-state index in [0.717, 1.165) is 22.0 Å². The summed E-state index contributed by atoms with van der Waals surface area (Å²) in [4.78, 5) is 15.7. The highest BCUT2D eigenvalue weighted by atomic mass is 19.3. The van der Waals surface area contributed by atoms with Crippen LogP contribution in [0.2, 0.25) is 0 Å². The number of carbonyl (C=O) groups is 1. The van der Waals surface area contributed by atoms with Gasteiger partial charge in [0.2, 0.25) is 5.92 Å². The fourth-order valence-electron chi connectivity index (χ4n) is 3.38. The van der Waals surface area contributed by atoms with Crippen LogP contribution in [-0.4, -0.2) is 34.1 Å². The number of halogens is 2. The Kier molecular flexibility index (Phi) is 4.11. The summed E-state index contributed by atoms with van der Waals surface area (Å²) in [5.74, 6) is -2.99. The molecule has 1 amide bonds. The largest absolute Gasteiger partial charge is 0.388 e. The third-order valence-electron chi connectivity index (χ3n) is 5.05. The first-order chi connectivity index (χ1) is 11.2. The predicted octanol–water partition coefficient (Wildman–Crippen LogP) is 3.45. The maximum absolute atomic E-state index is 13.2. The Morgan fingerprint density at radius 3 is 2.62 bits per heavy atom. The molecule has 1 aromatic carbocycles. The molecule has 1 heterocycles. The molecule has 0 radical (unpaired) electrons. The van der Waals surface area contributed by atoms with Gasteiger partial charge in [-0.25, -0.2) is 8.78 Å². The highest BCUT2D eigenvalue weighted by Crippen LogP contribution is 2.38. The van der Waals surface area contributed by atoms with Gasteiger partial charge in [-0.1, -0.05) is 0 Å². The Morgan fingerprint density at radius 2 is 1.96 bits per heavy atom. The molecule has 130 valence electrons. The minimum atomic E-state index is -2.71. The number of carbonyl (C=O) groups excluding carboxylic acids is 1. The molecule has 3 rings (SSSR count). The van der Waals surface area contributed by atoms with Crippen molar-refractivity contribution in [3.05, 3.63) is 35.0 Å². The van der Waals surface area contributed by atoms with Crippen molar-refractivity contribution in [3.8, 4) is 0 Å². The maximum atomic E-state index is 13.2. The molecule has 6 heteroatoms. The van der Waals surface area contributed by atoms with Gasteiger partial charge in [-0.3, -0.25) is 4.79 Å². The lowest BCUT2D eigenvalue weighted by Crippen LogP contribution is -2.47. The van der Waals surface area contributed by atoms with E-state index in [9.17, 15) is 18.7 Å². The molecule has 1 aliphatic carbocycles. The monoisotopic (exact) mass is 336 g/mol. The van der Waals surface area contributed by atoms with Gasteiger partial charge in [-0.05, 0) is 49.9 Å². The second-order valence-corrected chi connectivity index (χ2v) is 6.90. The van der Waals surface area contributed by atoms with Crippen LogP contribution < -0.4 is 5.32 Å². The molecule has 1 aromatic heterocycles. The van der Waals surface area contributed by atoms with Crippen LogP contribution in [-0.2, 0) is 0 Å². The molecule has 1 saturated carbocycles. The van der Waals surface area contributed by atoms with E-state index in [0.29, 0.717) is 5.56 Å². The molecule has 1 aliphatic rings. The van der Waals surface area contributed by atoms with E-state index in [1.54, 1.807) is 0 Å². The van der Waals surface area contributed by atoms with Crippen LogP contribution in [0.5, 0.6) is 0 Å². The predicted molar refractivity (Wildman–Crippen MR) is 88.5 cm³/mol. The lowest BCUT2D eigenvalue weighted by Gasteiger charge is -2.35. The van der Waals surface area contributed by atoms with E-state index in [4.69, 9.17) is 0 Å². The van der Waals surface area contributed by atoms with Crippen molar-refractivity contribution < 1.29 is 18.7 Å². The lowest BCUT2D eigenvalue weighted by molar-refractivity contribution is -0.101. The average Bonchev–Trinajstić information content (AvgIpc) is 3.03. The summed E-state index contributed by atoms with van der Waals surface area (Å²) in [6, 6.07) is 3.73. The molecule has 0 bridgehead atoms. The van der Waals surface area contributed by atoms with E-state index in [-0.39, 0.29) is 38.1 Å². The molecule has 24 heavy (non-hydrogen) atoms. The Bertz CT molecular complexity index is 773. The second-order valence-electron chi connectivity index (χ2n) is 6.90. The minimum Gasteiger partial charge on any atom is -0.388 e. The number of hydrogen-bond acceptors (Lipinski definition) is 2. The number of aryl methyl sites for hydroxylation is 2. The third-order valence-corrected chi connectivity index (χ3v) is 5.05. The minimum absolute atomic E-state index is 0.00483. The molecule has 0 aliphatic heterocycles. The number of H-pyrrole nitrogens is 1. The molecule has 3 N–H and O–H groups in total. The van der Waals surface area contributed by atoms with E-state index >= 15 is 0 Å². The number of fused-ring (bicyclic) bond motifs is 1. The van der Waals surface area contributed by atoms with Crippen LogP contribution in [0.4, 0.5) is 8.78 Å². The van der Waals surface area contributed by atoms with Gasteiger partial charge in [0, 0.05) is 42.0 Å². The fraction of sp³-hybridized carbons (Fsp3) is 0.500. The molecule has 1 fully saturated rings. The van der Waals surface area contributed by atoms with Gasteiger partial charge < -0.3 is 15.4 Å². The van der Waals surface area contributed by atoms with Crippen LogP contribution in [0.1, 0.15) is 47.2 Å². The average molecular weight is 336 g/mol. The number of benzene rings is 1. The summed E-state index contributed by atoms with van der Waals surface area (Å²) < 4.78 is 26.5. The van der Waals surface area contributed by atoms with Crippen molar-refractivity contribution in [2.45, 2.75) is 51.1 Å². The summed E-state index contributed by atoms with van der Waals surface area (Å²) in [5.41, 5.74) is 2.11. The Hall–Kier alpha value is -1.95. The normalized spacial score (nSPS) is 19.4. The Labute approximate surface area is 139 Å². The first-order valence-corrected chi connectivity index (χ1v) is 8.17. The summed E-state index contributed by atoms with van der Waals surface area (Å²) >= 11 is 0. The molecular formula is C18H22F2N2O2. The number of nitrogens with one attached hydrogen (secondary N) is 2. The zero-order chi connectivity index (χ0) is 17.5. The van der Waals surface area contributed by atoms with Crippen LogP contribution in [0, 0.1) is 13.8 Å². The summed E-state index contributed by atoms with van der Waals surface area (Å²) in [5, 5.41) is 14.1. The first kappa shape index (κ1) is 16.9. The van der Waals surface area contributed by atoms with Crippen molar-refractivity contribution in [2.75, 3.05) is 6.54 Å². The number of amides is 1. The topological polar surface area (TPSA) is 65.1 Å². The van der Waals surface area contributed by atoms with Crippen molar-refractivity contribution in [3.63, 3.8) is 0 Å². The van der Waals surface area contributed by atoms with Gasteiger partial charge in [-0.2, -0.15) is 0 Å². The van der Waals surface area contributed by atoms with E-state index in [2.05, 4.69) is 10.3 Å². The van der Waals surface area contributed by atoms with E-state index in [1.807, 2.05) is 32.2 Å². The smallest absolute Gasteiger partial charge is 0.251 e. The summed E-state index contributed by atoms with van der Waals surface area (Å²) in [6.45, 7) is 3.79. The molecule has 0 spiro atoms. The van der Waals surface area contributed by atoms with Crippen molar-refractivity contribution in [1.29, 1.82) is 0 Å². The molecule has 0 unspecified atom stereocenters. The van der Waals surface area contributed by atoms with Crippen LogP contribution in [0.15, 0.2) is 18.3 Å². The number of aliphatic hydroxyl groups is 1. The van der Waals surface area contributed by atoms with E-state index < -0.39 is 11.5 Å². The van der Waals surface area contributed by atoms with Crippen molar-refractivity contribution in [2.24, 2.45) is 0 Å². The maximum Gasteiger partial charge on any atom is 0.251 e. The van der Waals surface area contributed by atoms with Gasteiger partial charge in [0.1, 0.15) is 0 Å². The number of hydrogen-bond donors (Lipinski definition) is 3. The van der Waals surface area contributed by atoms with Gasteiger partial charge in [-0.15, -0.1) is 0 Å². The highest BCUT2D eigenvalue weighted by molar-refractivity contribution is 6.01. The van der Waals surface area contributed by atoms with Crippen molar-refractivity contribution in [1.82, 2.24) is 10.3 Å². The Morgan fingerprint density at radius 1 is 1.29 bits per heavy atom. The highest BCUT2D eigenvalue weighted by Gasteiger charge is 2.42. The van der Waals surface area contributed by atoms with Gasteiger partial charge >= 0.3 is 0 Å². The number of alkyl halides is 2. The summed E-state index contributed by atoms with van der Waals surface area (Å²) in [6.07, 6.45) is 1.14. The van der Waals surface area contributed by atoms with Gasteiger partial charge in [0.25, 0.3) is 5.91 Å². The quantitative estimate of drug-likeness (QED) is 0.804. The van der Waals surface area contributed by atoms with Crippen molar-refractivity contribution >= 4 is 16.8 Å². The zero-order valence-corrected chi connectivity index (χ0v) is 13.9. The molecule has 0 atom stereocenters. The second kappa shape index (κ2) is 5.84. The first-order valence-electron chi connectivity index (χ1n) is 8.17. The van der Waals surface area contributed by atoms with Gasteiger partial charge in [0.05, 0.1) is 5.60 Å². The third kappa shape index (κ3) is 3.15. The van der Waals surface area contributed by atoms with Crippen LogP contribution >= 0.6 is 0 Å². The molecule has 2 aromatic rings. The number of aromatic nitrogens is 1. The van der Waals surface area contributed by atoms with Crippen LogP contribution in [0.3, 0.4) is 0 Å². The Balaban J connectivity index is 1.73. The number of rotatable bonds is 3. The lowest BCUT2D eigenvalue weighted by atomic mass is 9.82. The number of aromatic amines is 1. The van der Waals surface area contributed by atoms with Crippen LogP contribution in [0.25, 0.3) is 10.9 Å².